The van der Waals surface area contributed by atoms with E-state index in [1.807, 2.05) is 0 Å². The van der Waals surface area contributed by atoms with Crippen molar-refractivity contribution < 1.29 is 0 Å². The third kappa shape index (κ3) is 4.32. The molecule has 2 nitrogen and oxygen atoms in total. The predicted molar refractivity (Wildman–Crippen MR) is 58.3 cm³/mol. The molecule has 76 valence electrons. The van der Waals surface area contributed by atoms with Crippen LogP contribution in [0.2, 0.25) is 0 Å². The van der Waals surface area contributed by atoms with Crippen molar-refractivity contribution in [1.82, 2.24) is 10.2 Å². The van der Waals surface area contributed by atoms with Gasteiger partial charge in [0.1, 0.15) is 0 Å². The molecule has 1 aliphatic rings. The van der Waals surface area contributed by atoms with Crippen molar-refractivity contribution in [3.8, 4) is 0 Å². The molecular formula is C9H16Cl2N2. The lowest BCUT2D eigenvalue weighted by Gasteiger charge is -2.10. The summed E-state index contributed by atoms with van der Waals surface area (Å²) in [4.78, 5) is 2.35. The highest BCUT2D eigenvalue weighted by Gasteiger charge is 2.18. The highest BCUT2D eigenvalue weighted by atomic mass is 35.5. The molecule has 0 spiro atoms. The molecule has 1 N–H and O–H groups in total. The summed E-state index contributed by atoms with van der Waals surface area (Å²) < 4.78 is 0. The number of likely N-dealkylation sites (tertiary alicyclic amines) is 1. The molecule has 1 aliphatic heterocycles. The van der Waals surface area contributed by atoms with Crippen molar-refractivity contribution in [2.75, 3.05) is 33.2 Å². The Bertz CT molecular complexity index is 182. The number of hydrogen-bond donors (Lipinski definition) is 1. The number of hydrogen-bond acceptors (Lipinski definition) is 2. The van der Waals surface area contributed by atoms with Crippen LogP contribution in [0.1, 0.15) is 6.42 Å². The minimum Gasteiger partial charge on any atom is -0.311 e. The van der Waals surface area contributed by atoms with Crippen molar-refractivity contribution in [3.63, 3.8) is 0 Å². The van der Waals surface area contributed by atoms with Gasteiger partial charge in [-0.05, 0) is 32.5 Å². The van der Waals surface area contributed by atoms with Crippen LogP contribution in [0.5, 0.6) is 0 Å². The Labute approximate surface area is 89.9 Å². The van der Waals surface area contributed by atoms with E-state index < -0.39 is 0 Å². The molecule has 1 heterocycles. The van der Waals surface area contributed by atoms with Crippen LogP contribution in [0.4, 0.5) is 0 Å². The van der Waals surface area contributed by atoms with Crippen LogP contribution in [-0.2, 0) is 0 Å². The highest BCUT2D eigenvalue weighted by molar-refractivity contribution is 6.36. The van der Waals surface area contributed by atoms with Gasteiger partial charge in [0.05, 0.1) is 0 Å². The molecule has 1 unspecified atom stereocenters. The van der Waals surface area contributed by atoms with Gasteiger partial charge >= 0.3 is 0 Å². The van der Waals surface area contributed by atoms with Crippen LogP contribution in [0.3, 0.4) is 0 Å². The summed E-state index contributed by atoms with van der Waals surface area (Å²) >= 11 is 11.2. The van der Waals surface area contributed by atoms with E-state index in [1.54, 1.807) is 0 Å². The zero-order chi connectivity index (χ0) is 9.68. The van der Waals surface area contributed by atoms with E-state index in [1.165, 1.54) is 25.0 Å². The molecule has 0 aromatic heterocycles. The molecule has 4 heteroatoms. The van der Waals surface area contributed by atoms with Crippen molar-refractivity contribution in [2.45, 2.75) is 6.42 Å². The molecule has 1 fully saturated rings. The zero-order valence-electron chi connectivity index (χ0n) is 7.89. The van der Waals surface area contributed by atoms with Gasteiger partial charge in [-0.15, -0.1) is 0 Å². The van der Waals surface area contributed by atoms with Crippen LogP contribution < -0.4 is 5.32 Å². The van der Waals surface area contributed by atoms with E-state index in [9.17, 15) is 0 Å². The lowest BCUT2D eigenvalue weighted by Crippen LogP contribution is -2.25. The number of rotatable bonds is 4. The quantitative estimate of drug-likeness (QED) is 0.782. The fourth-order valence-electron chi connectivity index (χ4n) is 1.63. The van der Waals surface area contributed by atoms with Gasteiger partial charge < -0.3 is 10.2 Å². The zero-order valence-corrected chi connectivity index (χ0v) is 9.41. The van der Waals surface area contributed by atoms with Crippen LogP contribution >= 0.6 is 23.2 Å². The Morgan fingerprint density at radius 3 is 3.00 bits per heavy atom. The van der Waals surface area contributed by atoms with Gasteiger partial charge in [0.25, 0.3) is 0 Å². The first-order valence-electron chi connectivity index (χ1n) is 4.56. The molecule has 0 saturated carbocycles. The average Bonchev–Trinajstić information content (AvgIpc) is 2.51. The number of halogens is 2. The monoisotopic (exact) mass is 222 g/mol. The minimum atomic E-state index is 0.674. The molecule has 0 bridgehead atoms. The molecule has 0 aromatic carbocycles. The number of nitrogens with zero attached hydrogens (tertiary/aromatic N) is 1. The lowest BCUT2D eigenvalue weighted by atomic mass is 10.1. The Balaban J connectivity index is 2.06. The molecule has 0 radical (unpaired) electrons. The molecular weight excluding hydrogens is 207 g/mol. The first kappa shape index (κ1) is 11.3. The van der Waals surface area contributed by atoms with E-state index in [-0.39, 0.29) is 0 Å². The Morgan fingerprint density at radius 2 is 2.46 bits per heavy atom. The van der Waals surface area contributed by atoms with Gasteiger partial charge in [0.2, 0.25) is 0 Å². The number of nitrogens with one attached hydrogen (secondary N) is 1. The standard InChI is InChI=1S/C9H16Cl2N2/c1-13-3-2-8(7-13)5-12-6-9(11)4-10/h4,8,12H,2-3,5-7H2,1H3. The maximum Gasteiger partial charge on any atom is 0.0431 e. The highest BCUT2D eigenvalue weighted by Crippen LogP contribution is 2.13. The molecule has 0 aliphatic carbocycles. The van der Waals surface area contributed by atoms with Gasteiger partial charge in [0, 0.05) is 23.7 Å². The average molecular weight is 223 g/mol. The first-order chi connectivity index (χ1) is 6.22. The third-order valence-corrected chi connectivity index (χ3v) is 2.95. The van der Waals surface area contributed by atoms with Gasteiger partial charge in [0.15, 0.2) is 0 Å². The molecule has 13 heavy (non-hydrogen) atoms. The molecule has 0 aromatic rings. The van der Waals surface area contributed by atoms with Crippen LogP contribution in [0.15, 0.2) is 10.6 Å². The van der Waals surface area contributed by atoms with E-state index in [0.29, 0.717) is 11.6 Å². The van der Waals surface area contributed by atoms with Crippen molar-refractivity contribution >= 4 is 23.2 Å². The van der Waals surface area contributed by atoms with Gasteiger partial charge in [-0.25, -0.2) is 0 Å². The van der Waals surface area contributed by atoms with Gasteiger partial charge in [-0.3, -0.25) is 0 Å². The normalized spacial score (nSPS) is 25.5. The van der Waals surface area contributed by atoms with Crippen molar-refractivity contribution in [1.29, 1.82) is 0 Å². The smallest absolute Gasteiger partial charge is 0.0431 e. The Morgan fingerprint density at radius 1 is 1.69 bits per heavy atom. The maximum absolute atomic E-state index is 5.74. The molecule has 1 rings (SSSR count). The summed E-state index contributed by atoms with van der Waals surface area (Å²) in [6.07, 6.45) is 1.28. The molecule has 1 atom stereocenters. The molecule has 0 amide bonds. The largest absolute Gasteiger partial charge is 0.311 e. The maximum atomic E-state index is 5.74. The van der Waals surface area contributed by atoms with Crippen molar-refractivity contribution in [2.24, 2.45) is 5.92 Å². The van der Waals surface area contributed by atoms with E-state index in [4.69, 9.17) is 23.2 Å². The molecule has 1 saturated heterocycles. The summed E-state index contributed by atoms with van der Waals surface area (Å²) in [6.45, 7) is 4.12. The second kappa shape index (κ2) is 5.86. The predicted octanol–water partition coefficient (Wildman–Crippen LogP) is 1.85. The Hall–Kier alpha value is 0.240. The van der Waals surface area contributed by atoms with Crippen molar-refractivity contribution in [3.05, 3.63) is 10.6 Å². The van der Waals surface area contributed by atoms with E-state index in [2.05, 4.69) is 17.3 Å². The van der Waals surface area contributed by atoms with Gasteiger partial charge in [-0.1, -0.05) is 23.2 Å². The van der Waals surface area contributed by atoms with Crippen LogP contribution in [-0.4, -0.2) is 38.1 Å². The summed E-state index contributed by atoms with van der Waals surface area (Å²) in [5.74, 6) is 0.768. The SMILES string of the molecule is CN1CCC(CNCC(Cl)=CCl)C1. The second-order valence-corrected chi connectivity index (χ2v) is 4.31. The van der Waals surface area contributed by atoms with E-state index >= 15 is 0 Å². The third-order valence-electron chi connectivity index (χ3n) is 2.33. The van der Waals surface area contributed by atoms with E-state index in [0.717, 1.165) is 12.5 Å². The lowest BCUT2D eigenvalue weighted by molar-refractivity contribution is 0.390. The van der Waals surface area contributed by atoms with Gasteiger partial charge in [-0.2, -0.15) is 0 Å². The van der Waals surface area contributed by atoms with Crippen LogP contribution in [0.25, 0.3) is 0 Å². The minimum absolute atomic E-state index is 0.674. The first-order valence-corrected chi connectivity index (χ1v) is 5.38. The second-order valence-electron chi connectivity index (χ2n) is 3.60. The summed E-state index contributed by atoms with van der Waals surface area (Å²) in [6, 6.07) is 0. The summed E-state index contributed by atoms with van der Waals surface area (Å²) in [7, 11) is 2.16. The summed E-state index contributed by atoms with van der Waals surface area (Å²) in [5, 5.41) is 3.96. The fourth-order valence-corrected chi connectivity index (χ4v) is 1.80. The fraction of sp³-hybridized carbons (Fsp3) is 0.778. The van der Waals surface area contributed by atoms with Crippen LogP contribution in [0, 0.1) is 5.92 Å². The Kier molecular flexibility index (Phi) is 5.10. The topological polar surface area (TPSA) is 15.3 Å². The summed E-state index contributed by atoms with van der Waals surface area (Å²) in [5.41, 5.74) is 1.41.